The smallest absolute Gasteiger partial charge is 0.357 e. The fourth-order valence-electron chi connectivity index (χ4n) is 2.94. The lowest BCUT2D eigenvalue weighted by Crippen LogP contribution is -2.15. The molecule has 0 radical (unpaired) electrons. The van der Waals surface area contributed by atoms with Gasteiger partial charge in [0.25, 0.3) is 0 Å². The third-order valence-corrected chi connectivity index (χ3v) is 5.54. The van der Waals surface area contributed by atoms with Crippen molar-refractivity contribution in [2.75, 3.05) is 20.0 Å². The van der Waals surface area contributed by atoms with Crippen LogP contribution in [-0.2, 0) is 9.47 Å². The summed E-state index contributed by atoms with van der Waals surface area (Å²) in [5.41, 5.74) is 1.93. The van der Waals surface area contributed by atoms with Gasteiger partial charge in [-0.05, 0) is 30.4 Å². The number of carbonyl (C=O) groups is 2. The van der Waals surface area contributed by atoms with Crippen molar-refractivity contribution >= 4 is 23.7 Å². The van der Waals surface area contributed by atoms with E-state index in [2.05, 4.69) is 12.0 Å². The minimum atomic E-state index is -0.660. The van der Waals surface area contributed by atoms with Crippen molar-refractivity contribution < 1.29 is 19.1 Å². The standard InChI is InChI=1S/C22H22N2O4S/c1-4-14-29-17-13-9-8-12-16(17)19-18(21(25)27-2)20(22(26)28-3)24(23-19)15-10-6-5-7-11-15/h5-13H,4,14H2,1-3H3. The van der Waals surface area contributed by atoms with E-state index >= 15 is 0 Å². The highest BCUT2D eigenvalue weighted by molar-refractivity contribution is 7.99. The van der Waals surface area contributed by atoms with Crippen LogP contribution in [0.3, 0.4) is 0 Å². The van der Waals surface area contributed by atoms with E-state index in [9.17, 15) is 9.59 Å². The lowest BCUT2D eigenvalue weighted by atomic mass is 10.1. The van der Waals surface area contributed by atoms with E-state index in [0.717, 1.165) is 22.6 Å². The van der Waals surface area contributed by atoms with Crippen molar-refractivity contribution in [1.29, 1.82) is 0 Å². The number of rotatable bonds is 7. The van der Waals surface area contributed by atoms with Crippen LogP contribution >= 0.6 is 11.8 Å². The molecule has 0 amide bonds. The second-order valence-corrected chi connectivity index (χ2v) is 7.28. The summed E-state index contributed by atoms with van der Waals surface area (Å²) in [6.45, 7) is 2.11. The lowest BCUT2D eigenvalue weighted by Gasteiger charge is -2.08. The second-order valence-electron chi connectivity index (χ2n) is 6.15. The summed E-state index contributed by atoms with van der Waals surface area (Å²) >= 11 is 1.68. The van der Waals surface area contributed by atoms with Crippen LogP contribution in [0.5, 0.6) is 0 Å². The molecule has 6 nitrogen and oxygen atoms in total. The summed E-state index contributed by atoms with van der Waals surface area (Å²) in [4.78, 5) is 26.4. The van der Waals surface area contributed by atoms with Crippen LogP contribution in [0.4, 0.5) is 0 Å². The molecule has 1 heterocycles. The molecule has 0 N–H and O–H groups in total. The van der Waals surface area contributed by atoms with Crippen molar-refractivity contribution in [3.8, 4) is 16.9 Å². The van der Waals surface area contributed by atoms with Crippen LogP contribution in [0.2, 0.25) is 0 Å². The third kappa shape index (κ3) is 4.19. The van der Waals surface area contributed by atoms with E-state index in [1.165, 1.54) is 18.9 Å². The van der Waals surface area contributed by atoms with E-state index in [-0.39, 0.29) is 11.3 Å². The molecule has 0 atom stereocenters. The van der Waals surface area contributed by atoms with E-state index in [0.29, 0.717) is 11.4 Å². The Morgan fingerprint density at radius 3 is 2.28 bits per heavy atom. The van der Waals surface area contributed by atoms with E-state index in [4.69, 9.17) is 9.47 Å². The number of thioether (sulfide) groups is 1. The zero-order valence-electron chi connectivity index (χ0n) is 16.5. The SMILES string of the molecule is CCCSc1ccccc1-c1nn(-c2ccccc2)c(C(=O)OC)c1C(=O)OC. The first-order valence-electron chi connectivity index (χ1n) is 9.19. The first kappa shape index (κ1) is 20.7. The minimum Gasteiger partial charge on any atom is -0.465 e. The molecule has 2 aromatic carbocycles. The van der Waals surface area contributed by atoms with Gasteiger partial charge in [-0.15, -0.1) is 11.8 Å². The van der Waals surface area contributed by atoms with Crippen LogP contribution in [0.25, 0.3) is 16.9 Å². The number of nitrogens with zero attached hydrogens (tertiary/aromatic N) is 2. The van der Waals surface area contributed by atoms with Gasteiger partial charge in [0.05, 0.1) is 19.9 Å². The molecule has 0 saturated heterocycles. The van der Waals surface area contributed by atoms with E-state index < -0.39 is 11.9 Å². The van der Waals surface area contributed by atoms with Crippen LogP contribution in [0.15, 0.2) is 59.5 Å². The van der Waals surface area contributed by atoms with Gasteiger partial charge in [0.2, 0.25) is 0 Å². The molecule has 0 aliphatic carbocycles. The number of hydrogen-bond donors (Lipinski definition) is 0. The average Bonchev–Trinajstić information content (AvgIpc) is 3.17. The third-order valence-electron chi connectivity index (χ3n) is 4.26. The number of para-hydroxylation sites is 1. The summed E-state index contributed by atoms with van der Waals surface area (Å²) in [7, 11) is 2.56. The van der Waals surface area contributed by atoms with Crippen LogP contribution in [0, 0.1) is 0 Å². The Labute approximate surface area is 173 Å². The van der Waals surface area contributed by atoms with Crippen LogP contribution in [0.1, 0.15) is 34.2 Å². The summed E-state index contributed by atoms with van der Waals surface area (Å²) in [5, 5.41) is 4.66. The predicted molar refractivity (Wildman–Crippen MR) is 113 cm³/mol. The molecule has 150 valence electrons. The Morgan fingerprint density at radius 1 is 0.966 bits per heavy atom. The predicted octanol–water partition coefficient (Wildman–Crippen LogP) is 4.61. The van der Waals surface area contributed by atoms with Gasteiger partial charge in [-0.25, -0.2) is 14.3 Å². The van der Waals surface area contributed by atoms with Gasteiger partial charge in [0, 0.05) is 10.5 Å². The summed E-state index contributed by atoms with van der Waals surface area (Å²) in [6, 6.07) is 16.8. The fraction of sp³-hybridized carbons (Fsp3) is 0.227. The number of benzene rings is 2. The molecule has 0 bridgehead atoms. The summed E-state index contributed by atoms with van der Waals surface area (Å²) in [5.74, 6) is -0.377. The van der Waals surface area contributed by atoms with Gasteiger partial charge < -0.3 is 9.47 Å². The number of methoxy groups -OCH3 is 2. The van der Waals surface area contributed by atoms with Gasteiger partial charge in [-0.1, -0.05) is 43.3 Å². The topological polar surface area (TPSA) is 70.4 Å². The zero-order valence-corrected chi connectivity index (χ0v) is 17.4. The van der Waals surface area contributed by atoms with Crippen molar-refractivity contribution in [3.63, 3.8) is 0 Å². The van der Waals surface area contributed by atoms with E-state index in [1.54, 1.807) is 11.8 Å². The molecule has 1 aromatic heterocycles. The number of ether oxygens (including phenoxy) is 2. The van der Waals surface area contributed by atoms with Crippen molar-refractivity contribution in [1.82, 2.24) is 9.78 Å². The highest BCUT2D eigenvalue weighted by Gasteiger charge is 2.32. The zero-order chi connectivity index (χ0) is 20.8. The minimum absolute atomic E-state index is 0.0378. The number of esters is 2. The average molecular weight is 410 g/mol. The Morgan fingerprint density at radius 2 is 1.62 bits per heavy atom. The normalized spacial score (nSPS) is 10.6. The highest BCUT2D eigenvalue weighted by atomic mass is 32.2. The summed E-state index contributed by atoms with van der Waals surface area (Å²) in [6.07, 6.45) is 1.01. The second kappa shape index (κ2) is 9.43. The molecule has 0 fully saturated rings. The van der Waals surface area contributed by atoms with Gasteiger partial charge >= 0.3 is 11.9 Å². The quantitative estimate of drug-likeness (QED) is 0.418. The Balaban J connectivity index is 2.32. The summed E-state index contributed by atoms with van der Waals surface area (Å²) < 4.78 is 11.4. The molecule has 0 aliphatic rings. The maximum Gasteiger partial charge on any atom is 0.357 e. The largest absolute Gasteiger partial charge is 0.465 e. The van der Waals surface area contributed by atoms with Crippen LogP contribution in [-0.4, -0.2) is 41.7 Å². The van der Waals surface area contributed by atoms with Gasteiger partial charge in [0.15, 0.2) is 5.69 Å². The molecule has 0 aliphatic heterocycles. The molecular formula is C22H22N2O4S. The fourth-order valence-corrected chi connectivity index (χ4v) is 3.86. The molecule has 29 heavy (non-hydrogen) atoms. The Bertz CT molecular complexity index is 1010. The lowest BCUT2D eigenvalue weighted by molar-refractivity contribution is 0.0549. The number of carbonyl (C=O) groups excluding carboxylic acids is 2. The maximum absolute atomic E-state index is 12.7. The Hall–Kier alpha value is -3.06. The van der Waals surface area contributed by atoms with Gasteiger partial charge in [0.1, 0.15) is 11.3 Å². The molecule has 3 rings (SSSR count). The molecular weight excluding hydrogens is 388 g/mol. The number of aromatic nitrogens is 2. The highest BCUT2D eigenvalue weighted by Crippen LogP contribution is 2.35. The van der Waals surface area contributed by atoms with Crippen LogP contribution < -0.4 is 0 Å². The molecule has 3 aromatic rings. The monoisotopic (exact) mass is 410 g/mol. The van der Waals surface area contributed by atoms with Crippen molar-refractivity contribution in [2.24, 2.45) is 0 Å². The molecule has 0 saturated carbocycles. The maximum atomic E-state index is 12.7. The van der Waals surface area contributed by atoms with Crippen molar-refractivity contribution in [3.05, 3.63) is 65.9 Å². The van der Waals surface area contributed by atoms with Gasteiger partial charge in [-0.2, -0.15) is 5.10 Å². The molecule has 0 spiro atoms. The Kier molecular flexibility index (Phi) is 6.72. The van der Waals surface area contributed by atoms with E-state index in [1.807, 2.05) is 54.6 Å². The van der Waals surface area contributed by atoms with Crippen molar-refractivity contribution in [2.45, 2.75) is 18.2 Å². The first-order chi connectivity index (χ1) is 14.1. The molecule has 7 heteroatoms. The number of hydrogen-bond acceptors (Lipinski definition) is 6. The first-order valence-corrected chi connectivity index (χ1v) is 10.2. The van der Waals surface area contributed by atoms with Gasteiger partial charge in [-0.3, -0.25) is 0 Å². The molecule has 0 unspecified atom stereocenters.